The van der Waals surface area contributed by atoms with E-state index in [1.807, 2.05) is 24.3 Å². The highest BCUT2D eigenvalue weighted by Gasteiger charge is 1.97. The second-order valence-corrected chi connectivity index (χ2v) is 4.69. The van der Waals surface area contributed by atoms with E-state index < -0.39 is 0 Å². The summed E-state index contributed by atoms with van der Waals surface area (Å²) >= 11 is 0. The summed E-state index contributed by atoms with van der Waals surface area (Å²) in [5, 5.41) is 11.8. The van der Waals surface area contributed by atoms with Gasteiger partial charge in [-0.1, -0.05) is 31.2 Å². The van der Waals surface area contributed by atoms with Gasteiger partial charge in [-0.25, -0.2) is 4.99 Å². The quantitative estimate of drug-likeness (QED) is 0.462. The smallest absolute Gasteiger partial charge is 0.193 e. The van der Waals surface area contributed by atoms with Crippen molar-refractivity contribution in [2.24, 2.45) is 10.7 Å². The molecule has 0 atom stereocenters. The molecule has 2 aromatic carbocycles. The summed E-state index contributed by atoms with van der Waals surface area (Å²) in [6.07, 6.45) is 0.984. The van der Waals surface area contributed by atoms with Gasteiger partial charge >= 0.3 is 0 Å². The average Bonchev–Trinajstić information content (AvgIpc) is 2.53. The van der Waals surface area contributed by atoms with E-state index in [0.717, 1.165) is 17.7 Å². The predicted octanol–water partition coefficient (Wildman–Crippen LogP) is 3.67. The third-order valence-corrected chi connectivity index (χ3v) is 3.12. The first-order chi connectivity index (χ1) is 10.2. The zero-order valence-electron chi connectivity index (χ0n) is 12.4. The van der Waals surface area contributed by atoms with Crippen LogP contribution >= 0.6 is 24.0 Å². The summed E-state index contributed by atoms with van der Waals surface area (Å²) in [5.74, 6) is 0.382. The number of nitrogens with zero attached hydrogens (tertiary/aromatic N) is 2. The molecule has 3 N–H and O–H groups in total. The van der Waals surface area contributed by atoms with Gasteiger partial charge in [-0.3, -0.25) is 0 Å². The zero-order chi connectivity index (χ0) is 15.1. The monoisotopic (exact) mass is 406 g/mol. The number of hydrogen-bond acceptors (Lipinski definition) is 2. The number of nitrogens with two attached hydrogens (primary N) is 1. The van der Waals surface area contributed by atoms with Crippen LogP contribution in [0.4, 0.5) is 5.69 Å². The number of aryl methyl sites for hydroxylation is 1. The van der Waals surface area contributed by atoms with E-state index in [-0.39, 0.29) is 24.0 Å². The van der Waals surface area contributed by atoms with Crippen molar-refractivity contribution in [1.29, 1.82) is 5.26 Å². The minimum atomic E-state index is 0. The molecule has 0 bridgehead atoms. The number of nitriles is 1. The number of aliphatic imine (C=N–C) groups is 1. The summed E-state index contributed by atoms with van der Waals surface area (Å²) in [4.78, 5) is 4.30. The lowest BCUT2D eigenvalue weighted by Gasteiger charge is -2.07. The highest BCUT2D eigenvalue weighted by atomic mass is 127. The summed E-state index contributed by atoms with van der Waals surface area (Å²) in [6.45, 7) is 2.60. The Bertz CT molecular complexity index is 672. The molecule has 0 saturated carbocycles. The molecule has 4 nitrogen and oxygen atoms in total. The molecule has 0 radical (unpaired) electrons. The van der Waals surface area contributed by atoms with Crippen molar-refractivity contribution in [3.8, 4) is 6.07 Å². The van der Waals surface area contributed by atoms with E-state index in [0.29, 0.717) is 18.1 Å². The lowest BCUT2D eigenvalue weighted by molar-refractivity contribution is 1.06. The first kappa shape index (κ1) is 18.0. The van der Waals surface area contributed by atoms with Gasteiger partial charge in [-0.05, 0) is 41.8 Å². The van der Waals surface area contributed by atoms with E-state index >= 15 is 0 Å². The fourth-order valence-corrected chi connectivity index (χ4v) is 1.92. The number of nitrogens with one attached hydrogen (secondary N) is 1. The summed E-state index contributed by atoms with van der Waals surface area (Å²) in [7, 11) is 0. The molecule has 0 unspecified atom stereocenters. The Labute approximate surface area is 148 Å². The molecule has 2 aromatic rings. The summed E-state index contributed by atoms with van der Waals surface area (Å²) in [6, 6.07) is 17.5. The third kappa shape index (κ3) is 5.37. The molecule has 22 heavy (non-hydrogen) atoms. The molecular formula is C17H19IN4. The number of halogens is 1. The van der Waals surface area contributed by atoms with Gasteiger partial charge in [0.15, 0.2) is 5.96 Å². The first-order valence-electron chi connectivity index (χ1n) is 6.86. The third-order valence-electron chi connectivity index (χ3n) is 3.12. The second-order valence-electron chi connectivity index (χ2n) is 4.69. The van der Waals surface area contributed by atoms with Crippen LogP contribution in [0.1, 0.15) is 23.6 Å². The van der Waals surface area contributed by atoms with Crippen LogP contribution in [0, 0.1) is 11.3 Å². The SMILES string of the molecule is CCc1cccc(NC(N)=NCc2ccc(C#N)cc2)c1.I. The largest absolute Gasteiger partial charge is 0.370 e. The van der Waals surface area contributed by atoms with Crippen LogP contribution in [0.15, 0.2) is 53.5 Å². The van der Waals surface area contributed by atoms with Crippen LogP contribution in [-0.2, 0) is 13.0 Å². The number of rotatable bonds is 4. The van der Waals surface area contributed by atoms with Gasteiger partial charge in [-0.15, -0.1) is 24.0 Å². The normalized spacial score (nSPS) is 10.5. The van der Waals surface area contributed by atoms with Crippen molar-refractivity contribution in [1.82, 2.24) is 0 Å². The van der Waals surface area contributed by atoms with Crippen molar-refractivity contribution < 1.29 is 0 Å². The maximum Gasteiger partial charge on any atom is 0.193 e. The maximum atomic E-state index is 8.75. The first-order valence-corrected chi connectivity index (χ1v) is 6.86. The molecule has 2 rings (SSSR count). The Morgan fingerprint density at radius 3 is 2.55 bits per heavy atom. The van der Waals surface area contributed by atoms with Crippen LogP contribution in [0.5, 0.6) is 0 Å². The summed E-state index contributed by atoms with van der Waals surface area (Å²) < 4.78 is 0. The van der Waals surface area contributed by atoms with Crippen LogP contribution in [0.3, 0.4) is 0 Å². The van der Waals surface area contributed by atoms with E-state index in [2.05, 4.69) is 35.4 Å². The van der Waals surface area contributed by atoms with Crippen LogP contribution in [0.2, 0.25) is 0 Å². The van der Waals surface area contributed by atoms with E-state index in [1.165, 1.54) is 5.56 Å². The van der Waals surface area contributed by atoms with Gasteiger partial charge in [0.1, 0.15) is 0 Å². The van der Waals surface area contributed by atoms with Gasteiger partial charge < -0.3 is 11.1 Å². The number of guanidine groups is 1. The number of benzene rings is 2. The van der Waals surface area contributed by atoms with Gasteiger partial charge in [0, 0.05) is 5.69 Å². The zero-order valence-corrected chi connectivity index (χ0v) is 14.7. The Morgan fingerprint density at radius 1 is 1.18 bits per heavy atom. The predicted molar refractivity (Wildman–Crippen MR) is 101 cm³/mol. The Kier molecular flexibility index (Phi) is 7.40. The molecular weight excluding hydrogens is 387 g/mol. The summed E-state index contributed by atoms with van der Waals surface area (Å²) in [5.41, 5.74) is 9.74. The molecule has 0 amide bonds. The molecule has 114 valence electrons. The van der Waals surface area contributed by atoms with Gasteiger partial charge in [-0.2, -0.15) is 5.26 Å². The second kappa shape index (κ2) is 9.05. The Balaban J connectivity index is 0.00000242. The molecule has 0 heterocycles. The van der Waals surface area contributed by atoms with Gasteiger partial charge in [0.2, 0.25) is 0 Å². The molecule has 0 aliphatic rings. The van der Waals surface area contributed by atoms with E-state index in [4.69, 9.17) is 11.0 Å². The van der Waals surface area contributed by atoms with Crippen LogP contribution < -0.4 is 11.1 Å². The maximum absolute atomic E-state index is 8.75. The van der Waals surface area contributed by atoms with Crippen molar-refractivity contribution >= 4 is 35.6 Å². The Morgan fingerprint density at radius 2 is 1.91 bits per heavy atom. The minimum Gasteiger partial charge on any atom is -0.370 e. The highest BCUT2D eigenvalue weighted by Crippen LogP contribution is 2.11. The lowest BCUT2D eigenvalue weighted by atomic mass is 10.1. The molecule has 0 spiro atoms. The highest BCUT2D eigenvalue weighted by molar-refractivity contribution is 14.0. The molecule has 0 fully saturated rings. The fourth-order valence-electron chi connectivity index (χ4n) is 1.92. The van der Waals surface area contributed by atoms with E-state index in [9.17, 15) is 0 Å². The minimum absolute atomic E-state index is 0. The lowest BCUT2D eigenvalue weighted by Crippen LogP contribution is -2.22. The van der Waals surface area contributed by atoms with E-state index in [1.54, 1.807) is 12.1 Å². The number of anilines is 1. The number of hydrogen-bond donors (Lipinski definition) is 2. The molecule has 0 saturated heterocycles. The van der Waals surface area contributed by atoms with Crippen molar-refractivity contribution in [2.75, 3.05) is 5.32 Å². The molecule has 0 aliphatic carbocycles. The van der Waals surface area contributed by atoms with Crippen molar-refractivity contribution in [3.05, 3.63) is 65.2 Å². The van der Waals surface area contributed by atoms with Crippen LogP contribution in [0.25, 0.3) is 0 Å². The standard InChI is InChI=1S/C17H18N4.HI/c1-2-13-4-3-5-16(10-13)21-17(19)20-12-15-8-6-14(11-18)7-9-15;/h3-10H,2,12H2,1H3,(H3,19,20,21);1H. The van der Waals surface area contributed by atoms with Gasteiger partial charge in [0.05, 0.1) is 18.2 Å². The molecule has 0 aromatic heterocycles. The van der Waals surface area contributed by atoms with Gasteiger partial charge in [0.25, 0.3) is 0 Å². The topological polar surface area (TPSA) is 74.2 Å². The Hall–Kier alpha value is -2.07. The van der Waals surface area contributed by atoms with Crippen LogP contribution in [-0.4, -0.2) is 5.96 Å². The fraction of sp³-hybridized carbons (Fsp3) is 0.176. The average molecular weight is 406 g/mol. The molecule has 0 aliphatic heterocycles. The van der Waals surface area contributed by atoms with Crippen molar-refractivity contribution in [3.63, 3.8) is 0 Å². The van der Waals surface area contributed by atoms with Crippen molar-refractivity contribution in [2.45, 2.75) is 19.9 Å². The molecule has 5 heteroatoms.